The predicted octanol–water partition coefficient (Wildman–Crippen LogP) is 2.07. The van der Waals surface area contributed by atoms with Gasteiger partial charge in [0.25, 0.3) is 0 Å². The van der Waals surface area contributed by atoms with Crippen LogP contribution in [0.2, 0.25) is 0 Å². The Hall–Kier alpha value is -1.36. The Morgan fingerprint density at radius 1 is 1.20 bits per heavy atom. The fourth-order valence-corrected chi connectivity index (χ4v) is 3.14. The SMILES string of the molecule is Cc1ccccc1CS(=O)(=O)[C@H](C)C(=O)NCC(C)C. The molecule has 1 aromatic rings. The van der Waals surface area contributed by atoms with E-state index in [-0.39, 0.29) is 5.75 Å². The molecule has 1 atom stereocenters. The summed E-state index contributed by atoms with van der Waals surface area (Å²) in [6.45, 7) is 7.74. The van der Waals surface area contributed by atoms with Crippen molar-refractivity contribution < 1.29 is 13.2 Å². The second-order valence-corrected chi connectivity index (χ2v) is 7.84. The van der Waals surface area contributed by atoms with Crippen molar-refractivity contribution in [1.29, 1.82) is 0 Å². The van der Waals surface area contributed by atoms with Gasteiger partial charge in [0.05, 0.1) is 5.75 Å². The molecule has 0 aliphatic heterocycles. The van der Waals surface area contributed by atoms with E-state index in [0.717, 1.165) is 11.1 Å². The highest BCUT2D eigenvalue weighted by Crippen LogP contribution is 2.15. The van der Waals surface area contributed by atoms with Crippen LogP contribution >= 0.6 is 0 Å². The molecule has 0 unspecified atom stereocenters. The summed E-state index contributed by atoms with van der Waals surface area (Å²) in [6.07, 6.45) is 0. The van der Waals surface area contributed by atoms with E-state index in [1.807, 2.05) is 32.9 Å². The van der Waals surface area contributed by atoms with Gasteiger partial charge in [-0.15, -0.1) is 0 Å². The maximum Gasteiger partial charge on any atom is 0.238 e. The van der Waals surface area contributed by atoms with Gasteiger partial charge in [-0.1, -0.05) is 38.1 Å². The third-order valence-electron chi connectivity index (χ3n) is 3.21. The number of benzene rings is 1. The summed E-state index contributed by atoms with van der Waals surface area (Å²) >= 11 is 0. The fourth-order valence-electron chi connectivity index (χ4n) is 1.73. The molecule has 20 heavy (non-hydrogen) atoms. The van der Waals surface area contributed by atoms with Crippen molar-refractivity contribution in [1.82, 2.24) is 5.32 Å². The van der Waals surface area contributed by atoms with Crippen LogP contribution in [0.5, 0.6) is 0 Å². The van der Waals surface area contributed by atoms with E-state index in [1.165, 1.54) is 6.92 Å². The maximum atomic E-state index is 12.3. The quantitative estimate of drug-likeness (QED) is 0.874. The van der Waals surface area contributed by atoms with Crippen LogP contribution in [0.25, 0.3) is 0 Å². The number of hydrogen-bond acceptors (Lipinski definition) is 3. The van der Waals surface area contributed by atoms with Crippen LogP contribution in [0.15, 0.2) is 24.3 Å². The normalized spacial score (nSPS) is 13.2. The smallest absolute Gasteiger partial charge is 0.238 e. The Labute approximate surface area is 121 Å². The molecular formula is C15H23NO3S. The summed E-state index contributed by atoms with van der Waals surface area (Å²) in [6, 6.07) is 7.32. The monoisotopic (exact) mass is 297 g/mol. The van der Waals surface area contributed by atoms with Crippen LogP contribution in [-0.2, 0) is 20.4 Å². The molecular weight excluding hydrogens is 274 g/mol. The van der Waals surface area contributed by atoms with Crippen molar-refractivity contribution in [3.63, 3.8) is 0 Å². The van der Waals surface area contributed by atoms with Crippen molar-refractivity contribution in [2.24, 2.45) is 5.92 Å². The minimum Gasteiger partial charge on any atom is -0.355 e. The van der Waals surface area contributed by atoms with Crippen LogP contribution in [0.1, 0.15) is 31.9 Å². The Morgan fingerprint density at radius 3 is 2.35 bits per heavy atom. The molecule has 112 valence electrons. The molecule has 0 radical (unpaired) electrons. The molecule has 0 saturated carbocycles. The molecule has 0 aliphatic carbocycles. The summed E-state index contributed by atoms with van der Waals surface area (Å²) in [4.78, 5) is 11.9. The predicted molar refractivity (Wildman–Crippen MR) is 81.1 cm³/mol. The molecule has 0 spiro atoms. The first-order valence-corrected chi connectivity index (χ1v) is 8.49. The topological polar surface area (TPSA) is 63.2 Å². The second kappa shape index (κ2) is 6.88. The van der Waals surface area contributed by atoms with Crippen LogP contribution in [0, 0.1) is 12.8 Å². The minimum absolute atomic E-state index is 0.101. The number of hydrogen-bond donors (Lipinski definition) is 1. The van der Waals surface area contributed by atoms with E-state index < -0.39 is 21.0 Å². The highest BCUT2D eigenvalue weighted by molar-refractivity contribution is 7.92. The largest absolute Gasteiger partial charge is 0.355 e. The molecule has 0 aromatic heterocycles. The number of carbonyl (C=O) groups is 1. The zero-order valence-corrected chi connectivity index (χ0v) is 13.3. The van der Waals surface area contributed by atoms with E-state index in [1.54, 1.807) is 12.1 Å². The first-order chi connectivity index (χ1) is 9.24. The van der Waals surface area contributed by atoms with Crippen molar-refractivity contribution in [3.8, 4) is 0 Å². The van der Waals surface area contributed by atoms with Gasteiger partial charge >= 0.3 is 0 Å². The highest BCUT2D eigenvalue weighted by atomic mass is 32.2. The first-order valence-electron chi connectivity index (χ1n) is 6.78. The van der Waals surface area contributed by atoms with E-state index in [0.29, 0.717) is 12.5 Å². The van der Waals surface area contributed by atoms with Crippen molar-refractivity contribution in [2.75, 3.05) is 6.54 Å². The standard InChI is InChI=1S/C15H23NO3S/c1-11(2)9-16-15(17)13(4)20(18,19)10-14-8-6-5-7-12(14)3/h5-8,11,13H,9-10H2,1-4H3,(H,16,17)/t13-/m1/s1. The second-order valence-electron chi connectivity index (χ2n) is 5.51. The maximum absolute atomic E-state index is 12.3. The highest BCUT2D eigenvalue weighted by Gasteiger charge is 2.28. The lowest BCUT2D eigenvalue weighted by molar-refractivity contribution is -0.120. The van der Waals surface area contributed by atoms with Crippen LogP contribution in [0.3, 0.4) is 0 Å². The van der Waals surface area contributed by atoms with Crippen molar-refractivity contribution in [2.45, 2.75) is 38.7 Å². The number of aryl methyl sites for hydroxylation is 1. The molecule has 1 rings (SSSR count). The summed E-state index contributed by atoms with van der Waals surface area (Å²) < 4.78 is 24.6. The Bertz CT molecular complexity index is 564. The molecule has 0 aliphatic rings. The molecule has 1 N–H and O–H groups in total. The molecule has 0 heterocycles. The number of carbonyl (C=O) groups excluding carboxylic acids is 1. The van der Waals surface area contributed by atoms with Crippen LogP contribution < -0.4 is 5.32 Å². The van der Waals surface area contributed by atoms with Gasteiger partial charge in [-0.3, -0.25) is 4.79 Å². The van der Waals surface area contributed by atoms with Gasteiger partial charge in [0.1, 0.15) is 5.25 Å². The van der Waals surface area contributed by atoms with Gasteiger partial charge in [0.15, 0.2) is 9.84 Å². The summed E-state index contributed by atoms with van der Waals surface area (Å²) in [7, 11) is -3.50. The lowest BCUT2D eigenvalue weighted by atomic mass is 10.1. The van der Waals surface area contributed by atoms with E-state index in [9.17, 15) is 13.2 Å². The lowest BCUT2D eigenvalue weighted by Gasteiger charge is -2.15. The zero-order valence-electron chi connectivity index (χ0n) is 12.5. The molecule has 4 nitrogen and oxygen atoms in total. The molecule has 0 bridgehead atoms. The Balaban J connectivity index is 2.78. The van der Waals surface area contributed by atoms with E-state index >= 15 is 0 Å². The van der Waals surface area contributed by atoms with Gasteiger partial charge in [-0.2, -0.15) is 0 Å². The van der Waals surface area contributed by atoms with Crippen molar-refractivity contribution >= 4 is 15.7 Å². The molecule has 5 heteroatoms. The molecule has 1 amide bonds. The van der Waals surface area contributed by atoms with Crippen LogP contribution in [0.4, 0.5) is 0 Å². The average Bonchev–Trinajstić information content (AvgIpc) is 2.37. The molecule has 1 aromatic carbocycles. The summed E-state index contributed by atoms with van der Waals surface area (Å²) in [5, 5.41) is 1.64. The van der Waals surface area contributed by atoms with Gasteiger partial charge in [0, 0.05) is 6.54 Å². The van der Waals surface area contributed by atoms with Gasteiger partial charge in [0.2, 0.25) is 5.91 Å². The fraction of sp³-hybridized carbons (Fsp3) is 0.533. The third kappa shape index (κ3) is 4.63. The summed E-state index contributed by atoms with van der Waals surface area (Å²) in [5.74, 6) is -0.229. The molecule has 0 fully saturated rings. The number of amides is 1. The Kier molecular flexibility index (Phi) is 5.74. The van der Waals surface area contributed by atoms with Gasteiger partial charge in [-0.25, -0.2) is 8.42 Å². The van der Waals surface area contributed by atoms with E-state index in [2.05, 4.69) is 5.32 Å². The zero-order chi connectivity index (χ0) is 15.3. The van der Waals surface area contributed by atoms with Gasteiger partial charge < -0.3 is 5.32 Å². The average molecular weight is 297 g/mol. The van der Waals surface area contributed by atoms with E-state index in [4.69, 9.17) is 0 Å². The summed E-state index contributed by atoms with van der Waals surface area (Å²) in [5.41, 5.74) is 1.67. The first kappa shape index (κ1) is 16.7. The molecule has 0 saturated heterocycles. The van der Waals surface area contributed by atoms with Crippen LogP contribution in [-0.4, -0.2) is 26.1 Å². The number of rotatable bonds is 6. The Morgan fingerprint density at radius 2 is 1.80 bits per heavy atom. The third-order valence-corrected chi connectivity index (χ3v) is 5.22. The van der Waals surface area contributed by atoms with Gasteiger partial charge in [-0.05, 0) is 30.9 Å². The lowest BCUT2D eigenvalue weighted by Crippen LogP contribution is -2.40. The number of nitrogens with one attached hydrogen (secondary N) is 1. The minimum atomic E-state index is -3.50. The van der Waals surface area contributed by atoms with Crippen molar-refractivity contribution in [3.05, 3.63) is 35.4 Å². The number of sulfone groups is 1.